The molecule has 1 aromatic rings. The SMILES string of the molecule is CS(=N)(=O)N1CCc2ccccc21. The summed E-state index contributed by atoms with van der Waals surface area (Å²) in [7, 11) is -2.58. The van der Waals surface area contributed by atoms with Crippen LogP contribution in [0.4, 0.5) is 5.69 Å². The fraction of sp³-hybridized carbons (Fsp3) is 0.333. The van der Waals surface area contributed by atoms with E-state index in [0.717, 1.165) is 12.1 Å². The van der Waals surface area contributed by atoms with Gasteiger partial charge in [-0.3, -0.25) is 4.31 Å². The average molecular weight is 196 g/mol. The van der Waals surface area contributed by atoms with E-state index in [1.165, 1.54) is 11.8 Å². The summed E-state index contributed by atoms with van der Waals surface area (Å²) in [6, 6.07) is 7.85. The van der Waals surface area contributed by atoms with Gasteiger partial charge >= 0.3 is 0 Å². The Morgan fingerprint density at radius 1 is 1.46 bits per heavy atom. The van der Waals surface area contributed by atoms with Gasteiger partial charge in [-0.2, -0.15) is 0 Å². The van der Waals surface area contributed by atoms with E-state index in [2.05, 4.69) is 0 Å². The lowest BCUT2D eigenvalue weighted by atomic mass is 10.2. The van der Waals surface area contributed by atoms with Crippen molar-refractivity contribution in [1.82, 2.24) is 0 Å². The van der Waals surface area contributed by atoms with Crippen LogP contribution in [0.25, 0.3) is 0 Å². The maximum atomic E-state index is 11.5. The fourth-order valence-corrected chi connectivity index (χ4v) is 2.66. The molecule has 4 heteroatoms. The lowest BCUT2D eigenvalue weighted by Crippen LogP contribution is -2.26. The molecule has 0 radical (unpaired) electrons. The Morgan fingerprint density at radius 2 is 2.15 bits per heavy atom. The Kier molecular flexibility index (Phi) is 1.80. The second-order valence-corrected chi connectivity index (χ2v) is 5.33. The van der Waals surface area contributed by atoms with Gasteiger partial charge in [-0.15, -0.1) is 0 Å². The quantitative estimate of drug-likeness (QED) is 0.729. The second-order valence-electron chi connectivity index (χ2n) is 3.28. The smallest absolute Gasteiger partial charge is 0.126 e. The highest BCUT2D eigenvalue weighted by atomic mass is 32.2. The summed E-state index contributed by atoms with van der Waals surface area (Å²) in [5.41, 5.74) is 2.16. The predicted octanol–water partition coefficient (Wildman–Crippen LogP) is 1.64. The highest BCUT2D eigenvalue weighted by Crippen LogP contribution is 2.29. The van der Waals surface area contributed by atoms with E-state index < -0.39 is 9.92 Å². The highest BCUT2D eigenvalue weighted by Gasteiger charge is 2.22. The summed E-state index contributed by atoms with van der Waals surface area (Å²) in [6.45, 7) is 0.707. The maximum absolute atomic E-state index is 11.5. The van der Waals surface area contributed by atoms with Gasteiger partial charge in [-0.05, 0) is 18.1 Å². The van der Waals surface area contributed by atoms with Crippen molar-refractivity contribution in [3.8, 4) is 0 Å². The van der Waals surface area contributed by atoms with Gasteiger partial charge in [0, 0.05) is 12.8 Å². The number of hydrogen-bond acceptors (Lipinski definition) is 2. The first-order valence-corrected chi connectivity index (χ1v) is 6.11. The van der Waals surface area contributed by atoms with Crippen molar-refractivity contribution in [1.29, 1.82) is 4.78 Å². The van der Waals surface area contributed by atoms with Gasteiger partial charge in [0.2, 0.25) is 0 Å². The first kappa shape index (κ1) is 8.56. The lowest BCUT2D eigenvalue weighted by molar-refractivity contribution is 0.676. The number of benzene rings is 1. The molecule has 1 unspecified atom stereocenters. The molecular formula is C9H12N2OS. The molecule has 0 aliphatic carbocycles. The van der Waals surface area contributed by atoms with Gasteiger partial charge in [-0.25, -0.2) is 8.99 Å². The zero-order valence-electron chi connectivity index (χ0n) is 7.49. The van der Waals surface area contributed by atoms with Crippen molar-refractivity contribution in [2.75, 3.05) is 17.1 Å². The monoisotopic (exact) mass is 196 g/mol. The van der Waals surface area contributed by atoms with Crippen LogP contribution in [0.1, 0.15) is 5.56 Å². The summed E-state index contributed by atoms with van der Waals surface area (Å²) < 4.78 is 20.7. The van der Waals surface area contributed by atoms with Crippen molar-refractivity contribution < 1.29 is 4.21 Å². The van der Waals surface area contributed by atoms with Crippen molar-refractivity contribution in [2.45, 2.75) is 6.42 Å². The minimum atomic E-state index is -2.58. The van der Waals surface area contributed by atoms with Gasteiger partial charge in [0.1, 0.15) is 9.92 Å². The molecule has 1 N–H and O–H groups in total. The summed E-state index contributed by atoms with van der Waals surface area (Å²) in [5.74, 6) is 0. The number of rotatable bonds is 1. The largest absolute Gasteiger partial charge is 0.285 e. The van der Waals surface area contributed by atoms with Gasteiger partial charge in [0.05, 0.1) is 5.69 Å². The lowest BCUT2D eigenvalue weighted by Gasteiger charge is -2.18. The molecule has 1 aliphatic heterocycles. The molecule has 70 valence electrons. The Labute approximate surface area is 78.5 Å². The average Bonchev–Trinajstić information content (AvgIpc) is 2.45. The molecule has 1 heterocycles. The van der Waals surface area contributed by atoms with E-state index in [9.17, 15) is 4.21 Å². The van der Waals surface area contributed by atoms with Crippen LogP contribution in [0.5, 0.6) is 0 Å². The molecule has 3 nitrogen and oxygen atoms in total. The first-order valence-electron chi connectivity index (χ1n) is 4.18. The van der Waals surface area contributed by atoms with Crippen LogP contribution in [0, 0.1) is 4.78 Å². The molecule has 1 aromatic carbocycles. The first-order chi connectivity index (χ1) is 6.09. The standard InChI is InChI=1S/C9H12N2OS/c1-13(10,12)11-7-6-8-4-2-3-5-9(8)11/h2-5,10H,6-7H2,1H3. The van der Waals surface area contributed by atoms with Crippen LogP contribution in [0.2, 0.25) is 0 Å². The summed E-state index contributed by atoms with van der Waals surface area (Å²) in [5, 5.41) is 0. The van der Waals surface area contributed by atoms with E-state index in [1.807, 2.05) is 24.3 Å². The molecule has 0 saturated heterocycles. The van der Waals surface area contributed by atoms with E-state index in [1.54, 1.807) is 4.31 Å². The highest BCUT2D eigenvalue weighted by molar-refractivity contribution is 7.93. The molecule has 0 amide bonds. The minimum absolute atomic E-state index is 0.707. The molecule has 0 spiro atoms. The molecule has 1 atom stereocenters. The van der Waals surface area contributed by atoms with E-state index >= 15 is 0 Å². The number of para-hydroxylation sites is 1. The number of fused-ring (bicyclic) bond motifs is 1. The number of hydrogen-bond donors (Lipinski definition) is 1. The van der Waals surface area contributed by atoms with Crippen molar-refractivity contribution in [3.05, 3.63) is 29.8 Å². The molecule has 0 aromatic heterocycles. The van der Waals surface area contributed by atoms with Crippen molar-refractivity contribution >= 4 is 15.6 Å². The third-order valence-electron chi connectivity index (χ3n) is 2.27. The molecule has 1 aliphatic rings. The topological polar surface area (TPSA) is 44.2 Å². The molecule has 13 heavy (non-hydrogen) atoms. The summed E-state index contributed by atoms with van der Waals surface area (Å²) >= 11 is 0. The summed E-state index contributed by atoms with van der Waals surface area (Å²) in [4.78, 5) is 0. The fourth-order valence-electron chi connectivity index (χ4n) is 1.67. The van der Waals surface area contributed by atoms with Gasteiger partial charge in [0.15, 0.2) is 0 Å². The van der Waals surface area contributed by atoms with Crippen LogP contribution < -0.4 is 4.31 Å². The maximum Gasteiger partial charge on any atom is 0.126 e. The van der Waals surface area contributed by atoms with E-state index in [4.69, 9.17) is 4.78 Å². The summed E-state index contributed by atoms with van der Waals surface area (Å²) in [6.07, 6.45) is 2.37. The van der Waals surface area contributed by atoms with Crippen molar-refractivity contribution in [3.63, 3.8) is 0 Å². The van der Waals surface area contributed by atoms with Gasteiger partial charge in [-0.1, -0.05) is 18.2 Å². The van der Waals surface area contributed by atoms with Crippen LogP contribution in [0.3, 0.4) is 0 Å². The molecular weight excluding hydrogens is 184 g/mol. The molecule has 0 bridgehead atoms. The van der Waals surface area contributed by atoms with Gasteiger partial charge in [0.25, 0.3) is 0 Å². The molecule has 2 rings (SSSR count). The Hall–Kier alpha value is -1.03. The second kappa shape index (κ2) is 2.73. The third-order valence-corrected chi connectivity index (χ3v) is 3.49. The van der Waals surface area contributed by atoms with E-state index in [-0.39, 0.29) is 0 Å². The van der Waals surface area contributed by atoms with Crippen LogP contribution >= 0.6 is 0 Å². The molecule has 0 fully saturated rings. The van der Waals surface area contributed by atoms with Crippen LogP contribution in [0.15, 0.2) is 24.3 Å². The zero-order valence-corrected chi connectivity index (χ0v) is 8.30. The minimum Gasteiger partial charge on any atom is -0.285 e. The number of anilines is 1. The normalized spacial score (nSPS) is 19.6. The van der Waals surface area contributed by atoms with E-state index in [0.29, 0.717) is 6.54 Å². The molecule has 0 saturated carbocycles. The number of nitrogens with one attached hydrogen (secondary N) is 1. The Morgan fingerprint density at radius 3 is 2.85 bits per heavy atom. The Bertz CT molecular complexity index is 425. The number of nitrogens with zero attached hydrogens (tertiary/aromatic N) is 1. The zero-order chi connectivity index (χ0) is 9.47. The van der Waals surface area contributed by atoms with Crippen molar-refractivity contribution in [2.24, 2.45) is 0 Å². The van der Waals surface area contributed by atoms with Crippen LogP contribution in [-0.4, -0.2) is 17.0 Å². The third kappa shape index (κ3) is 1.42. The Balaban J connectivity index is 2.51. The van der Waals surface area contributed by atoms with Gasteiger partial charge < -0.3 is 0 Å². The predicted molar refractivity (Wildman–Crippen MR) is 54.3 cm³/mol. The van der Waals surface area contributed by atoms with Crippen LogP contribution in [-0.2, 0) is 16.3 Å².